The van der Waals surface area contributed by atoms with E-state index in [-0.39, 0.29) is 5.91 Å². The molecule has 0 atom stereocenters. The topological polar surface area (TPSA) is 91.2 Å². The Morgan fingerprint density at radius 2 is 1.92 bits per heavy atom. The molecule has 2 fully saturated rings. The highest BCUT2D eigenvalue weighted by Crippen LogP contribution is 2.39. The lowest BCUT2D eigenvalue weighted by atomic mass is 9.93. The Morgan fingerprint density at radius 1 is 1.21 bits per heavy atom. The van der Waals surface area contributed by atoms with Gasteiger partial charge in [-0.2, -0.15) is 0 Å². The van der Waals surface area contributed by atoms with Gasteiger partial charge in [0.05, 0.1) is 0 Å². The first kappa shape index (κ1) is 15.1. The number of piperidine rings is 1. The molecule has 24 heavy (non-hydrogen) atoms. The van der Waals surface area contributed by atoms with E-state index < -0.39 is 11.6 Å². The van der Waals surface area contributed by atoms with E-state index in [2.05, 4.69) is 28.5 Å². The molecule has 4 N–H and O–H groups in total. The zero-order chi connectivity index (χ0) is 16.7. The molecule has 126 valence electrons. The third kappa shape index (κ3) is 2.62. The second-order valence-electron chi connectivity index (χ2n) is 6.95. The number of hydrogen-bond donors (Lipinski definition) is 3. The summed E-state index contributed by atoms with van der Waals surface area (Å²) in [6.07, 6.45) is 3.25. The van der Waals surface area contributed by atoms with Gasteiger partial charge in [-0.15, -0.1) is 0 Å². The fourth-order valence-electron chi connectivity index (χ4n) is 3.77. The van der Waals surface area contributed by atoms with E-state index in [1.807, 2.05) is 17.0 Å². The molecule has 4 rings (SSSR count). The number of carbonyl (C=O) groups is 2. The summed E-state index contributed by atoms with van der Waals surface area (Å²) in [5.74, 6) is 0.470. The minimum atomic E-state index is -0.722. The zero-order valence-corrected chi connectivity index (χ0v) is 13.5. The Bertz CT molecular complexity index is 752. The van der Waals surface area contributed by atoms with Crippen LogP contribution in [0.25, 0.3) is 10.9 Å². The van der Waals surface area contributed by atoms with Crippen LogP contribution in [0.4, 0.5) is 4.79 Å². The molecule has 0 radical (unpaired) electrons. The van der Waals surface area contributed by atoms with Gasteiger partial charge in [-0.1, -0.05) is 18.2 Å². The minimum absolute atomic E-state index is 0.0244. The van der Waals surface area contributed by atoms with E-state index in [9.17, 15) is 9.59 Å². The van der Waals surface area contributed by atoms with Crippen molar-refractivity contribution in [1.82, 2.24) is 15.2 Å². The number of para-hydroxylation sites is 1. The molecular formula is C18H22N4O2. The molecule has 2 heterocycles. The molecular weight excluding hydrogens is 304 g/mol. The Kier molecular flexibility index (Phi) is 3.48. The second kappa shape index (κ2) is 5.54. The fourth-order valence-corrected chi connectivity index (χ4v) is 3.77. The molecule has 6 nitrogen and oxygen atoms in total. The number of nitrogens with one attached hydrogen (secondary N) is 2. The molecule has 1 aromatic carbocycles. The molecule has 1 aliphatic carbocycles. The summed E-state index contributed by atoms with van der Waals surface area (Å²) in [5, 5.41) is 3.86. The Labute approximate surface area is 140 Å². The molecule has 2 aromatic rings. The summed E-state index contributed by atoms with van der Waals surface area (Å²) >= 11 is 0. The maximum absolute atomic E-state index is 12.6. The van der Waals surface area contributed by atoms with Crippen molar-refractivity contribution in [3.63, 3.8) is 0 Å². The van der Waals surface area contributed by atoms with Crippen molar-refractivity contribution in [3.8, 4) is 0 Å². The quantitative estimate of drug-likeness (QED) is 0.806. The Morgan fingerprint density at radius 3 is 2.54 bits per heavy atom. The van der Waals surface area contributed by atoms with Crippen LogP contribution in [-0.2, 0) is 4.79 Å². The number of H-pyrrole nitrogens is 1. The summed E-state index contributed by atoms with van der Waals surface area (Å²) in [4.78, 5) is 29.1. The van der Waals surface area contributed by atoms with Crippen molar-refractivity contribution in [2.24, 2.45) is 5.73 Å². The summed E-state index contributed by atoms with van der Waals surface area (Å²) in [5.41, 5.74) is 6.88. The van der Waals surface area contributed by atoms with Crippen LogP contribution in [-0.4, -0.2) is 40.5 Å². The lowest BCUT2D eigenvalue weighted by Gasteiger charge is -2.34. The Balaban J connectivity index is 1.41. The van der Waals surface area contributed by atoms with E-state index in [4.69, 9.17) is 5.73 Å². The number of rotatable bonds is 3. The van der Waals surface area contributed by atoms with Gasteiger partial charge in [0.2, 0.25) is 5.91 Å². The van der Waals surface area contributed by atoms with Gasteiger partial charge in [-0.05, 0) is 43.2 Å². The lowest BCUT2D eigenvalue weighted by molar-refractivity contribution is -0.135. The van der Waals surface area contributed by atoms with Crippen LogP contribution in [0.5, 0.6) is 0 Å². The SMILES string of the molecule is NC(=O)NC1(C(=O)N2CCC(c3cc4ccccc4[nH]3)CC2)CC1. The van der Waals surface area contributed by atoms with Gasteiger partial charge in [0.1, 0.15) is 5.54 Å². The van der Waals surface area contributed by atoms with Crippen molar-refractivity contribution < 1.29 is 9.59 Å². The number of amides is 3. The van der Waals surface area contributed by atoms with E-state index >= 15 is 0 Å². The molecule has 1 aromatic heterocycles. The van der Waals surface area contributed by atoms with Crippen molar-refractivity contribution in [3.05, 3.63) is 36.0 Å². The molecule has 1 saturated heterocycles. The molecule has 6 heteroatoms. The lowest BCUT2D eigenvalue weighted by Crippen LogP contribution is -2.53. The summed E-state index contributed by atoms with van der Waals surface area (Å²) in [6, 6.07) is 9.87. The molecule has 1 saturated carbocycles. The minimum Gasteiger partial charge on any atom is -0.358 e. The molecule has 0 spiro atoms. The average Bonchev–Trinajstić information content (AvgIpc) is 3.22. The number of aromatic amines is 1. The first-order valence-electron chi connectivity index (χ1n) is 8.52. The third-order valence-corrected chi connectivity index (χ3v) is 5.29. The van der Waals surface area contributed by atoms with E-state index in [0.29, 0.717) is 18.8 Å². The number of urea groups is 1. The first-order chi connectivity index (χ1) is 11.6. The van der Waals surface area contributed by atoms with Gasteiger partial charge >= 0.3 is 6.03 Å². The van der Waals surface area contributed by atoms with Gasteiger partial charge in [0.15, 0.2) is 0 Å². The second-order valence-corrected chi connectivity index (χ2v) is 6.95. The van der Waals surface area contributed by atoms with Crippen molar-refractivity contribution >= 4 is 22.8 Å². The smallest absolute Gasteiger partial charge is 0.313 e. The molecule has 0 bridgehead atoms. The van der Waals surface area contributed by atoms with Gasteiger partial charge in [0.25, 0.3) is 0 Å². The van der Waals surface area contributed by atoms with Crippen molar-refractivity contribution in [2.75, 3.05) is 13.1 Å². The van der Waals surface area contributed by atoms with Crippen LogP contribution in [0, 0.1) is 0 Å². The number of carbonyl (C=O) groups excluding carboxylic acids is 2. The summed E-state index contributed by atoms with van der Waals surface area (Å²) in [6.45, 7) is 1.45. The largest absolute Gasteiger partial charge is 0.358 e. The van der Waals surface area contributed by atoms with Crippen LogP contribution in [0.15, 0.2) is 30.3 Å². The zero-order valence-electron chi connectivity index (χ0n) is 13.5. The van der Waals surface area contributed by atoms with Gasteiger partial charge < -0.3 is 20.9 Å². The van der Waals surface area contributed by atoms with Crippen LogP contribution in [0.3, 0.4) is 0 Å². The maximum atomic E-state index is 12.6. The summed E-state index contributed by atoms with van der Waals surface area (Å²) < 4.78 is 0. The number of benzene rings is 1. The van der Waals surface area contributed by atoms with Crippen LogP contribution in [0.2, 0.25) is 0 Å². The number of primary amides is 1. The Hall–Kier alpha value is -2.50. The number of nitrogens with two attached hydrogens (primary N) is 1. The highest BCUT2D eigenvalue weighted by atomic mass is 16.2. The number of nitrogens with zero attached hydrogens (tertiary/aromatic N) is 1. The summed E-state index contributed by atoms with van der Waals surface area (Å²) in [7, 11) is 0. The maximum Gasteiger partial charge on any atom is 0.313 e. The van der Waals surface area contributed by atoms with Crippen LogP contribution >= 0.6 is 0 Å². The fraction of sp³-hybridized carbons (Fsp3) is 0.444. The predicted molar refractivity (Wildman–Crippen MR) is 91.5 cm³/mol. The number of hydrogen-bond acceptors (Lipinski definition) is 2. The monoisotopic (exact) mass is 326 g/mol. The van der Waals surface area contributed by atoms with Gasteiger partial charge in [-0.3, -0.25) is 4.79 Å². The van der Waals surface area contributed by atoms with E-state index in [0.717, 1.165) is 31.4 Å². The van der Waals surface area contributed by atoms with Crippen LogP contribution in [0.1, 0.15) is 37.3 Å². The number of aromatic nitrogens is 1. The highest BCUT2D eigenvalue weighted by molar-refractivity contribution is 5.93. The molecule has 3 amide bonds. The molecule has 1 aliphatic heterocycles. The molecule has 0 unspecified atom stereocenters. The van der Waals surface area contributed by atoms with Gasteiger partial charge in [0, 0.05) is 30.2 Å². The first-order valence-corrected chi connectivity index (χ1v) is 8.52. The van der Waals surface area contributed by atoms with E-state index in [1.54, 1.807) is 0 Å². The predicted octanol–water partition coefficient (Wildman–Crippen LogP) is 2.07. The number of likely N-dealkylation sites (tertiary alicyclic amines) is 1. The number of fused-ring (bicyclic) bond motifs is 1. The van der Waals surface area contributed by atoms with Crippen molar-refractivity contribution in [1.29, 1.82) is 0 Å². The average molecular weight is 326 g/mol. The van der Waals surface area contributed by atoms with E-state index in [1.165, 1.54) is 11.1 Å². The third-order valence-electron chi connectivity index (χ3n) is 5.29. The van der Waals surface area contributed by atoms with Crippen LogP contribution < -0.4 is 11.1 Å². The standard InChI is InChI=1S/C18H22N4O2/c19-17(24)21-18(7-8-18)16(23)22-9-5-12(6-10-22)15-11-13-3-1-2-4-14(13)20-15/h1-4,11-12,20H,5-10H2,(H3,19,21,24). The normalized spacial score (nSPS) is 20.1. The van der Waals surface area contributed by atoms with Crippen molar-refractivity contribution in [2.45, 2.75) is 37.1 Å². The molecule has 2 aliphatic rings. The highest BCUT2D eigenvalue weighted by Gasteiger charge is 2.53. The van der Waals surface area contributed by atoms with Gasteiger partial charge in [-0.25, -0.2) is 4.79 Å².